The van der Waals surface area contributed by atoms with Crippen LogP contribution in [0.5, 0.6) is 0 Å². The zero-order valence-corrected chi connectivity index (χ0v) is 14.7. The molecule has 0 aliphatic carbocycles. The third kappa shape index (κ3) is 3.38. The molecular weight excluding hydrogens is 328 g/mol. The first-order chi connectivity index (χ1) is 9.86. The van der Waals surface area contributed by atoms with E-state index in [4.69, 9.17) is 0 Å². The van der Waals surface area contributed by atoms with E-state index in [0.717, 1.165) is 34.3 Å². The van der Waals surface area contributed by atoms with Gasteiger partial charge in [0.1, 0.15) is 6.10 Å². The van der Waals surface area contributed by atoms with Crippen LogP contribution in [-0.4, -0.2) is 14.9 Å². The summed E-state index contributed by atoms with van der Waals surface area (Å²) < 4.78 is 2.74. The molecule has 0 saturated carbocycles. The van der Waals surface area contributed by atoms with Gasteiger partial charge in [0.25, 0.3) is 0 Å². The van der Waals surface area contributed by atoms with Crippen molar-refractivity contribution in [2.45, 2.75) is 52.2 Å². The Balaban J connectivity index is 2.51. The predicted octanol–water partition coefficient (Wildman–Crippen LogP) is 4.43. The summed E-state index contributed by atoms with van der Waals surface area (Å²) in [5.74, 6) is 0. The molecule has 0 bridgehead atoms. The lowest BCUT2D eigenvalue weighted by Gasteiger charge is -2.25. The second-order valence-electron chi connectivity index (χ2n) is 6.34. The SMILES string of the molecule is CCCn1ncc(Br)c1C(O)c1ccccc1C(C)(C)C. The van der Waals surface area contributed by atoms with Gasteiger partial charge in [-0.2, -0.15) is 5.10 Å². The largest absolute Gasteiger partial charge is 0.382 e. The first kappa shape index (κ1) is 16.2. The van der Waals surface area contributed by atoms with Gasteiger partial charge in [0.05, 0.1) is 16.4 Å². The van der Waals surface area contributed by atoms with Crippen molar-refractivity contribution in [2.75, 3.05) is 0 Å². The molecule has 1 heterocycles. The van der Waals surface area contributed by atoms with Gasteiger partial charge in [-0.05, 0) is 38.9 Å². The highest BCUT2D eigenvalue weighted by Gasteiger charge is 2.25. The number of rotatable bonds is 4. The summed E-state index contributed by atoms with van der Waals surface area (Å²) >= 11 is 3.52. The molecule has 4 heteroatoms. The molecule has 1 N–H and O–H groups in total. The molecule has 1 aromatic heterocycles. The highest BCUT2D eigenvalue weighted by molar-refractivity contribution is 9.10. The van der Waals surface area contributed by atoms with Crippen LogP contribution in [0.3, 0.4) is 0 Å². The van der Waals surface area contributed by atoms with Gasteiger partial charge in [-0.15, -0.1) is 0 Å². The van der Waals surface area contributed by atoms with E-state index in [9.17, 15) is 5.11 Å². The molecule has 2 rings (SSSR count). The number of aromatic nitrogens is 2. The lowest BCUT2D eigenvalue weighted by molar-refractivity contribution is 0.204. The fourth-order valence-corrected chi connectivity index (χ4v) is 3.11. The maximum atomic E-state index is 10.9. The van der Waals surface area contributed by atoms with E-state index in [-0.39, 0.29) is 5.41 Å². The average molecular weight is 351 g/mol. The van der Waals surface area contributed by atoms with Gasteiger partial charge < -0.3 is 5.11 Å². The van der Waals surface area contributed by atoms with E-state index >= 15 is 0 Å². The lowest BCUT2D eigenvalue weighted by atomic mass is 9.82. The molecule has 0 aliphatic heterocycles. The van der Waals surface area contributed by atoms with Gasteiger partial charge in [-0.25, -0.2) is 0 Å². The van der Waals surface area contributed by atoms with Crippen LogP contribution in [-0.2, 0) is 12.0 Å². The molecule has 1 atom stereocenters. The van der Waals surface area contributed by atoms with Crippen molar-refractivity contribution >= 4 is 15.9 Å². The van der Waals surface area contributed by atoms with Crippen LogP contribution in [0.25, 0.3) is 0 Å². The Bertz CT molecular complexity index is 613. The van der Waals surface area contributed by atoms with E-state index in [1.54, 1.807) is 6.20 Å². The van der Waals surface area contributed by atoms with Crippen molar-refractivity contribution in [1.29, 1.82) is 0 Å². The molecule has 1 aromatic carbocycles. The highest BCUT2D eigenvalue weighted by Crippen LogP contribution is 2.35. The molecule has 0 amide bonds. The van der Waals surface area contributed by atoms with Crippen LogP contribution >= 0.6 is 15.9 Å². The van der Waals surface area contributed by atoms with Crippen LogP contribution in [0.1, 0.15) is 57.0 Å². The summed E-state index contributed by atoms with van der Waals surface area (Å²) in [5.41, 5.74) is 2.92. The number of aryl methyl sites for hydroxylation is 1. The van der Waals surface area contributed by atoms with Gasteiger partial charge in [-0.1, -0.05) is 52.0 Å². The smallest absolute Gasteiger partial charge is 0.122 e. The van der Waals surface area contributed by atoms with Crippen molar-refractivity contribution < 1.29 is 5.11 Å². The van der Waals surface area contributed by atoms with Crippen molar-refractivity contribution in [3.8, 4) is 0 Å². The van der Waals surface area contributed by atoms with Gasteiger partial charge in [-0.3, -0.25) is 4.68 Å². The van der Waals surface area contributed by atoms with Crippen molar-refractivity contribution in [2.24, 2.45) is 0 Å². The number of hydrogen-bond acceptors (Lipinski definition) is 2. The van der Waals surface area contributed by atoms with Crippen LogP contribution in [0, 0.1) is 0 Å². The van der Waals surface area contributed by atoms with E-state index in [1.165, 1.54) is 0 Å². The Labute approximate surface area is 135 Å². The average Bonchev–Trinajstić information content (AvgIpc) is 2.79. The highest BCUT2D eigenvalue weighted by atomic mass is 79.9. The van der Waals surface area contributed by atoms with Crippen molar-refractivity contribution in [1.82, 2.24) is 9.78 Å². The van der Waals surface area contributed by atoms with Crippen molar-refractivity contribution in [3.05, 3.63) is 51.8 Å². The molecule has 2 aromatic rings. The number of nitrogens with zero attached hydrogens (tertiary/aromatic N) is 2. The number of benzene rings is 1. The molecule has 0 spiro atoms. The molecule has 21 heavy (non-hydrogen) atoms. The van der Waals surface area contributed by atoms with Crippen molar-refractivity contribution in [3.63, 3.8) is 0 Å². The second kappa shape index (κ2) is 6.32. The summed E-state index contributed by atoms with van der Waals surface area (Å²) in [6.45, 7) is 9.40. The number of hydrogen-bond donors (Lipinski definition) is 1. The zero-order valence-electron chi connectivity index (χ0n) is 13.1. The third-order valence-electron chi connectivity index (χ3n) is 3.59. The predicted molar refractivity (Wildman–Crippen MR) is 89.4 cm³/mol. The number of aliphatic hydroxyl groups excluding tert-OH is 1. The molecule has 3 nitrogen and oxygen atoms in total. The Morgan fingerprint density at radius 3 is 2.57 bits per heavy atom. The van der Waals surface area contributed by atoms with E-state index < -0.39 is 6.10 Å². The Morgan fingerprint density at radius 1 is 1.29 bits per heavy atom. The van der Waals surface area contributed by atoms with E-state index in [0.29, 0.717) is 0 Å². The maximum Gasteiger partial charge on any atom is 0.122 e. The van der Waals surface area contributed by atoms with Gasteiger partial charge >= 0.3 is 0 Å². The Kier molecular flexibility index (Phi) is 4.89. The van der Waals surface area contributed by atoms with Crippen LogP contribution < -0.4 is 0 Å². The molecule has 0 fully saturated rings. The standard InChI is InChI=1S/C17H23BrN2O/c1-5-10-20-15(14(18)11-19-20)16(21)12-8-6-7-9-13(12)17(2,3)4/h6-9,11,16,21H,5,10H2,1-4H3. The summed E-state index contributed by atoms with van der Waals surface area (Å²) in [7, 11) is 0. The number of aliphatic hydroxyl groups is 1. The van der Waals surface area contributed by atoms with E-state index in [2.05, 4.69) is 54.8 Å². The fraction of sp³-hybridized carbons (Fsp3) is 0.471. The summed E-state index contributed by atoms with van der Waals surface area (Å²) in [6, 6.07) is 8.09. The summed E-state index contributed by atoms with van der Waals surface area (Å²) in [4.78, 5) is 0. The maximum absolute atomic E-state index is 10.9. The minimum absolute atomic E-state index is 0.0142. The monoisotopic (exact) mass is 350 g/mol. The minimum Gasteiger partial charge on any atom is -0.382 e. The summed E-state index contributed by atoms with van der Waals surface area (Å²) in [6.07, 6.45) is 2.06. The second-order valence-corrected chi connectivity index (χ2v) is 7.20. The van der Waals surface area contributed by atoms with Crippen LogP contribution in [0.4, 0.5) is 0 Å². The zero-order chi connectivity index (χ0) is 15.6. The van der Waals surface area contributed by atoms with Gasteiger partial charge in [0.15, 0.2) is 0 Å². The first-order valence-corrected chi connectivity index (χ1v) is 8.14. The normalized spacial score (nSPS) is 13.4. The molecule has 0 aliphatic rings. The molecular formula is C17H23BrN2O. The molecule has 1 unspecified atom stereocenters. The number of halogens is 1. The Morgan fingerprint density at radius 2 is 1.95 bits per heavy atom. The van der Waals surface area contributed by atoms with Crippen LogP contribution in [0.15, 0.2) is 34.9 Å². The van der Waals surface area contributed by atoms with E-state index in [1.807, 2.05) is 22.9 Å². The van der Waals surface area contributed by atoms with Gasteiger partial charge in [0, 0.05) is 6.54 Å². The van der Waals surface area contributed by atoms with Gasteiger partial charge in [0.2, 0.25) is 0 Å². The lowest BCUT2D eigenvalue weighted by Crippen LogP contribution is -2.18. The molecule has 0 saturated heterocycles. The third-order valence-corrected chi connectivity index (χ3v) is 4.20. The topological polar surface area (TPSA) is 38.0 Å². The first-order valence-electron chi connectivity index (χ1n) is 7.35. The summed E-state index contributed by atoms with van der Waals surface area (Å²) in [5, 5.41) is 15.3. The quantitative estimate of drug-likeness (QED) is 0.885. The van der Waals surface area contributed by atoms with Crippen LogP contribution in [0.2, 0.25) is 0 Å². The Hall–Kier alpha value is -1.13. The molecule has 114 valence electrons. The fourth-order valence-electron chi connectivity index (χ4n) is 2.60. The molecule has 0 radical (unpaired) electrons. The minimum atomic E-state index is -0.677.